The van der Waals surface area contributed by atoms with Gasteiger partial charge in [-0.25, -0.2) is 9.37 Å². The van der Waals surface area contributed by atoms with E-state index in [1.807, 2.05) is 99.6 Å². The van der Waals surface area contributed by atoms with Crippen LogP contribution in [0.5, 0.6) is 0 Å². The van der Waals surface area contributed by atoms with Crippen LogP contribution >= 0.6 is 0 Å². The van der Waals surface area contributed by atoms with E-state index in [9.17, 15) is 9.59 Å². The van der Waals surface area contributed by atoms with Crippen molar-refractivity contribution in [1.29, 1.82) is 0 Å². The maximum atomic E-state index is 17.1. The number of benzene rings is 4. The Balaban J connectivity index is 1.45. The Hall–Kier alpha value is -5.25. The third kappa shape index (κ3) is 7.98. The zero-order valence-corrected chi connectivity index (χ0v) is 32.9. The molecule has 4 aromatic carbocycles. The van der Waals surface area contributed by atoms with Crippen molar-refractivity contribution >= 4 is 35.5 Å². The number of aryl methyl sites for hydroxylation is 1. The SMILES string of the molecule is Cc1ccc(C(=O)N(CC(F)CO[Si](c2ccccc2)(c2ccccc2)C(C)(C)C)C(c2nc3cnccc3c(=O)n2Cc2ccccc2)C(C)C)cc1. The fourth-order valence-corrected chi connectivity index (χ4v) is 12.0. The van der Waals surface area contributed by atoms with Crippen molar-refractivity contribution in [3.8, 4) is 0 Å². The zero-order valence-electron chi connectivity index (χ0n) is 31.9. The van der Waals surface area contributed by atoms with E-state index >= 15 is 4.39 Å². The highest BCUT2D eigenvalue weighted by atomic mass is 28.4. The molecule has 0 saturated carbocycles. The van der Waals surface area contributed by atoms with Crippen LogP contribution in [0, 0.1) is 12.8 Å². The highest BCUT2D eigenvalue weighted by Gasteiger charge is 2.50. The largest absolute Gasteiger partial charge is 0.404 e. The summed E-state index contributed by atoms with van der Waals surface area (Å²) in [5.74, 6) is -0.235. The van der Waals surface area contributed by atoms with Crippen molar-refractivity contribution in [2.24, 2.45) is 5.92 Å². The molecular formula is C45H49FN4O3Si. The standard InChI is InChI=1S/C45H49FN4O3Si/c1-32(2)41(42-48-40-28-47-27-26-39(40)44(52)50(42)29-34-16-10-7-11-17-34)49(43(51)35-24-22-33(3)23-25-35)30-36(46)31-53-54(45(4,5)6,37-18-12-8-13-19-37)38-20-14-9-15-21-38/h7-28,32,36,41H,29-31H2,1-6H3. The summed E-state index contributed by atoms with van der Waals surface area (Å²) >= 11 is 0. The van der Waals surface area contributed by atoms with E-state index in [1.165, 1.54) is 0 Å². The Labute approximate surface area is 318 Å². The second kappa shape index (κ2) is 16.4. The fourth-order valence-electron chi connectivity index (χ4n) is 7.46. The van der Waals surface area contributed by atoms with Gasteiger partial charge in [0.25, 0.3) is 19.8 Å². The molecule has 0 N–H and O–H groups in total. The number of amides is 1. The van der Waals surface area contributed by atoms with Crippen LogP contribution in [0.25, 0.3) is 10.9 Å². The van der Waals surface area contributed by atoms with Gasteiger partial charge in [-0.05, 0) is 52.0 Å². The molecule has 0 bridgehead atoms. The van der Waals surface area contributed by atoms with Crippen molar-refractivity contribution in [3.05, 3.63) is 167 Å². The van der Waals surface area contributed by atoms with E-state index in [1.54, 1.807) is 40.1 Å². The number of carbonyl (C=O) groups is 1. The molecule has 0 aliphatic heterocycles. The molecule has 0 aliphatic carbocycles. The molecule has 2 aromatic heterocycles. The minimum Gasteiger partial charge on any atom is -0.404 e. The van der Waals surface area contributed by atoms with Gasteiger partial charge in [-0.3, -0.25) is 19.1 Å². The first-order valence-corrected chi connectivity index (χ1v) is 20.5. The van der Waals surface area contributed by atoms with Crippen molar-refractivity contribution in [3.63, 3.8) is 0 Å². The number of carbonyl (C=O) groups excluding carboxylic acids is 1. The first-order chi connectivity index (χ1) is 25.9. The van der Waals surface area contributed by atoms with E-state index in [0.29, 0.717) is 22.3 Å². The number of rotatable bonds is 13. The molecule has 2 atom stereocenters. The van der Waals surface area contributed by atoms with E-state index in [4.69, 9.17) is 9.41 Å². The van der Waals surface area contributed by atoms with Crippen LogP contribution in [-0.4, -0.2) is 53.0 Å². The van der Waals surface area contributed by atoms with E-state index in [2.05, 4.69) is 50.0 Å². The lowest BCUT2D eigenvalue weighted by molar-refractivity contribution is 0.0478. The number of fused-ring (bicyclic) bond motifs is 1. The Morgan fingerprint density at radius 3 is 1.98 bits per heavy atom. The molecule has 0 saturated heterocycles. The summed E-state index contributed by atoms with van der Waals surface area (Å²) in [4.78, 5) is 39.8. The van der Waals surface area contributed by atoms with E-state index < -0.39 is 20.5 Å². The molecule has 6 aromatic rings. The molecule has 0 radical (unpaired) electrons. The molecule has 7 nitrogen and oxygen atoms in total. The molecule has 6 rings (SSSR count). The number of pyridine rings is 1. The molecule has 0 fully saturated rings. The number of hydrogen-bond donors (Lipinski definition) is 0. The number of halogens is 1. The Morgan fingerprint density at radius 2 is 1.43 bits per heavy atom. The smallest absolute Gasteiger partial charge is 0.261 e. The average molecular weight is 741 g/mol. The lowest BCUT2D eigenvalue weighted by atomic mass is 9.98. The van der Waals surface area contributed by atoms with Crippen molar-refractivity contribution < 1.29 is 13.6 Å². The first kappa shape index (κ1) is 38.5. The van der Waals surface area contributed by atoms with Gasteiger partial charge in [-0.2, -0.15) is 0 Å². The lowest BCUT2D eigenvalue weighted by Crippen LogP contribution is -2.67. The molecule has 2 heterocycles. The number of nitrogens with zero attached hydrogens (tertiary/aromatic N) is 4. The number of alkyl halides is 1. The third-order valence-electron chi connectivity index (χ3n) is 10.1. The summed E-state index contributed by atoms with van der Waals surface area (Å²) < 4.78 is 25.7. The second-order valence-corrected chi connectivity index (χ2v) is 19.6. The summed E-state index contributed by atoms with van der Waals surface area (Å²) in [5, 5.41) is 2.15. The number of hydrogen-bond acceptors (Lipinski definition) is 5. The maximum absolute atomic E-state index is 17.1. The van der Waals surface area contributed by atoms with Crippen LogP contribution in [0.4, 0.5) is 4.39 Å². The molecule has 54 heavy (non-hydrogen) atoms. The summed E-state index contributed by atoms with van der Waals surface area (Å²) in [6.07, 6.45) is 1.57. The minimum atomic E-state index is -3.07. The highest BCUT2D eigenvalue weighted by molar-refractivity contribution is 6.99. The van der Waals surface area contributed by atoms with Gasteiger partial charge in [0, 0.05) is 11.8 Å². The summed E-state index contributed by atoms with van der Waals surface area (Å²) in [6.45, 7) is 12.1. The second-order valence-electron chi connectivity index (χ2n) is 15.3. The van der Waals surface area contributed by atoms with Crippen molar-refractivity contribution in [2.45, 2.75) is 65.3 Å². The topological polar surface area (TPSA) is 77.3 Å². The maximum Gasteiger partial charge on any atom is 0.261 e. The third-order valence-corrected chi connectivity index (χ3v) is 15.1. The van der Waals surface area contributed by atoms with Gasteiger partial charge in [0.15, 0.2) is 0 Å². The minimum absolute atomic E-state index is 0.228. The quantitative estimate of drug-likeness (QED) is 0.113. The summed E-state index contributed by atoms with van der Waals surface area (Å²) in [7, 11) is -3.07. The van der Waals surface area contributed by atoms with E-state index in [-0.39, 0.29) is 42.1 Å². The summed E-state index contributed by atoms with van der Waals surface area (Å²) in [5.41, 5.74) is 2.49. The molecular weight excluding hydrogens is 692 g/mol. The van der Waals surface area contributed by atoms with Crippen LogP contribution in [0.15, 0.2) is 139 Å². The highest BCUT2D eigenvalue weighted by Crippen LogP contribution is 2.37. The van der Waals surface area contributed by atoms with Gasteiger partial charge >= 0.3 is 0 Å². The Morgan fingerprint density at radius 1 is 0.852 bits per heavy atom. The first-order valence-electron chi connectivity index (χ1n) is 18.6. The van der Waals surface area contributed by atoms with Gasteiger partial charge in [0.05, 0.1) is 42.8 Å². The zero-order chi connectivity index (χ0) is 38.5. The molecule has 278 valence electrons. The van der Waals surface area contributed by atoms with Crippen molar-refractivity contribution in [1.82, 2.24) is 19.4 Å². The fraction of sp³-hybridized carbons (Fsp3) is 0.289. The molecule has 9 heteroatoms. The predicted octanol–water partition coefficient (Wildman–Crippen LogP) is 7.90. The average Bonchev–Trinajstić information content (AvgIpc) is 3.17. The normalized spacial score (nSPS) is 13.2. The van der Waals surface area contributed by atoms with E-state index in [0.717, 1.165) is 21.5 Å². The van der Waals surface area contributed by atoms with Crippen molar-refractivity contribution in [2.75, 3.05) is 13.2 Å². The predicted molar refractivity (Wildman–Crippen MR) is 218 cm³/mol. The molecule has 0 spiro atoms. The van der Waals surface area contributed by atoms with Crippen LogP contribution in [0.3, 0.4) is 0 Å². The van der Waals surface area contributed by atoms with Gasteiger partial charge in [0.2, 0.25) is 0 Å². The van der Waals surface area contributed by atoms with Gasteiger partial charge in [0.1, 0.15) is 12.0 Å². The van der Waals surface area contributed by atoms with Gasteiger partial charge in [-0.1, -0.05) is 143 Å². The Bertz CT molecular complexity index is 2180. The Kier molecular flexibility index (Phi) is 11.7. The molecule has 2 unspecified atom stereocenters. The monoisotopic (exact) mass is 740 g/mol. The molecule has 0 aliphatic rings. The van der Waals surface area contributed by atoms with Crippen LogP contribution in [0.1, 0.15) is 68.0 Å². The van der Waals surface area contributed by atoms with Crippen LogP contribution < -0.4 is 15.9 Å². The van der Waals surface area contributed by atoms with Crippen LogP contribution in [-0.2, 0) is 11.0 Å². The molecule has 1 amide bonds. The van der Waals surface area contributed by atoms with Gasteiger partial charge in [-0.15, -0.1) is 0 Å². The van der Waals surface area contributed by atoms with Crippen LogP contribution in [0.2, 0.25) is 5.04 Å². The number of aromatic nitrogens is 3. The van der Waals surface area contributed by atoms with Gasteiger partial charge < -0.3 is 9.33 Å². The summed E-state index contributed by atoms with van der Waals surface area (Å²) in [6, 6.07) is 38.1. The lowest BCUT2D eigenvalue weighted by Gasteiger charge is -2.43.